The van der Waals surface area contributed by atoms with Gasteiger partial charge in [-0.25, -0.2) is 0 Å². The lowest BCUT2D eigenvalue weighted by Gasteiger charge is -2.59. The summed E-state index contributed by atoms with van der Waals surface area (Å²) in [6, 6.07) is 13.0. The number of amides is 4. The van der Waals surface area contributed by atoms with Gasteiger partial charge in [0.05, 0.1) is 23.9 Å². The Morgan fingerprint density at radius 1 is 0.955 bits per heavy atom. The number of thiol groups is 1. The topological polar surface area (TPSA) is 247 Å². The van der Waals surface area contributed by atoms with Gasteiger partial charge in [-0.1, -0.05) is 75.7 Å². The van der Waals surface area contributed by atoms with Gasteiger partial charge in [-0.2, -0.15) is 12.6 Å². The molecule has 3 unspecified atom stereocenters. The molecule has 5 aliphatic rings. The molecular weight excluding hydrogens is 881 g/mol. The van der Waals surface area contributed by atoms with E-state index in [1.54, 1.807) is 32.1 Å². The number of hydrogen-bond acceptors (Lipinski definition) is 12. The van der Waals surface area contributed by atoms with Crippen molar-refractivity contribution in [1.82, 2.24) is 16.0 Å². The Labute approximate surface area is 395 Å². The normalized spacial score (nSPS) is 30.6. The molecule has 0 spiro atoms. The molecule has 4 fully saturated rings. The highest BCUT2D eigenvalue weighted by Crippen LogP contribution is 2.70. The Morgan fingerprint density at radius 3 is 2.37 bits per heavy atom. The summed E-state index contributed by atoms with van der Waals surface area (Å²) >= 11 is 3.96. The van der Waals surface area contributed by atoms with Crippen LogP contribution in [0.1, 0.15) is 96.1 Å². The van der Waals surface area contributed by atoms with E-state index >= 15 is 0 Å². The van der Waals surface area contributed by atoms with Gasteiger partial charge in [-0.15, -0.1) is 0 Å². The first-order valence-electron chi connectivity index (χ1n) is 23.1. The van der Waals surface area contributed by atoms with Gasteiger partial charge < -0.3 is 46.1 Å². The molecule has 2 aromatic carbocycles. The molecule has 12 atom stereocenters. The Balaban J connectivity index is 0.940. The van der Waals surface area contributed by atoms with Gasteiger partial charge in [-0.3, -0.25) is 33.6 Å². The van der Waals surface area contributed by atoms with E-state index in [-0.39, 0.29) is 48.8 Å². The van der Waals surface area contributed by atoms with Crippen LogP contribution in [0.2, 0.25) is 0 Å². The number of anilines is 1. The standard InChI is InChI=1S/C50H62N4O12S/c1-26(2)43(54-40(59)16-18-51-45(63)37(67)23-41(60)61)46(64)52-27(3)44(62)53-32-8-6-7-29(20-32)19-28-9-11-30(12-10-28)47-65-39-22-35-34-14-13-31-21-33(56)15-17-48(31,4)42(34)36(57)24-49(35,5)50(39,66-47)38(58)25-55/h6-12,15,17,20-21,26-27,34-37,39,42-43,47,55,57,67H,13-14,16,18-19,22-25H2,1-5H3,(H,51,63)(H,52,64)(H,53,62)(H,54,59)(H,60,61)/t27-,34-,35?,36-,37?,39+,42?,43-,47+,48-,49-,50+/m0/s1. The third-order valence-electron chi connectivity index (χ3n) is 15.0. The fraction of sp³-hybridized carbons (Fsp3) is 0.540. The summed E-state index contributed by atoms with van der Waals surface area (Å²) in [5.74, 6) is -4.30. The number of carboxylic acid groups (broad SMARTS) is 1. The van der Waals surface area contributed by atoms with E-state index in [2.05, 4.69) is 40.8 Å². The Bertz CT molecular complexity index is 2350. The molecule has 0 aromatic heterocycles. The maximum atomic E-state index is 14.0. The lowest BCUT2D eigenvalue weighted by atomic mass is 9.46. The van der Waals surface area contributed by atoms with Gasteiger partial charge in [0.1, 0.15) is 18.7 Å². The van der Waals surface area contributed by atoms with Crippen LogP contribution in [0.15, 0.2) is 72.3 Å². The minimum Gasteiger partial charge on any atom is -0.481 e. The van der Waals surface area contributed by atoms with E-state index in [4.69, 9.17) is 14.6 Å². The summed E-state index contributed by atoms with van der Waals surface area (Å²) in [5.41, 5.74) is 1.36. The van der Waals surface area contributed by atoms with Crippen LogP contribution in [0, 0.1) is 34.5 Å². The van der Waals surface area contributed by atoms with Crippen LogP contribution in [0.4, 0.5) is 5.69 Å². The number of nitrogens with one attached hydrogen (secondary N) is 4. The zero-order valence-corrected chi connectivity index (χ0v) is 39.3. The predicted octanol–water partition coefficient (Wildman–Crippen LogP) is 3.74. The zero-order valence-electron chi connectivity index (χ0n) is 38.5. The van der Waals surface area contributed by atoms with Crippen molar-refractivity contribution in [3.8, 4) is 0 Å². The quantitative estimate of drug-likeness (QED) is 0.106. The largest absolute Gasteiger partial charge is 0.481 e. The van der Waals surface area contributed by atoms with Crippen molar-refractivity contribution < 1.29 is 58.4 Å². The number of benzene rings is 2. The molecule has 1 heterocycles. The molecule has 1 aliphatic heterocycles. The summed E-state index contributed by atoms with van der Waals surface area (Å²) in [5, 5.41) is 40.7. The van der Waals surface area contributed by atoms with Crippen LogP contribution in [0.25, 0.3) is 0 Å². The first-order chi connectivity index (χ1) is 31.7. The maximum absolute atomic E-state index is 14.0. The molecule has 360 valence electrons. The number of ether oxygens (including phenoxy) is 2. The number of aliphatic hydroxyl groups excluding tert-OH is 2. The molecule has 0 radical (unpaired) electrons. The SMILES string of the molecule is CC(C)[C@H](NC(=O)CCNC(=O)C(S)CC(=O)O)C(=O)N[C@@H](C)C(=O)Nc1cccc(Cc2ccc([C@@H]3O[C@@H]4CC5[C@@H]6CCC7=CC(=O)C=C[C@]7(C)C6[C@@H](O)C[C@]5(C)[C@]4(C(=O)CO)O3)cc2)c1. The highest BCUT2D eigenvalue weighted by atomic mass is 32.1. The third-order valence-corrected chi connectivity index (χ3v) is 15.4. The number of Topliss-reactive ketones (excluding diaryl/α,β-unsaturated/α-hetero) is 1. The summed E-state index contributed by atoms with van der Waals surface area (Å²) in [7, 11) is 0. The molecule has 0 bridgehead atoms. The number of carboxylic acids is 1. The minimum absolute atomic E-state index is 0.0175. The number of carbonyl (C=O) groups excluding carboxylic acids is 6. The Morgan fingerprint density at radius 2 is 1.69 bits per heavy atom. The summed E-state index contributed by atoms with van der Waals surface area (Å²) in [6.07, 6.45) is 5.18. The van der Waals surface area contributed by atoms with Crippen LogP contribution in [0.3, 0.4) is 0 Å². The fourth-order valence-electron chi connectivity index (χ4n) is 11.7. The average Bonchev–Trinajstić information content (AvgIpc) is 3.78. The number of allylic oxidation sites excluding steroid dienone is 4. The second-order valence-corrected chi connectivity index (χ2v) is 20.2. The van der Waals surface area contributed by atoms with Crippen molar-refractivity contribution in [3.05, 3.63) is 89.0 Å². The van der Waals surface area contributed by atoms with Gasteiger partial charge in [0.25, 0.3) is 0 Å². The van der Waals surface area contributed by atoms with E-state index in [9.17, 15) is 43.8 Å². The molecule has 16 nitrogen and oxygen atoms in total. The van der Waals surface area contributed by atoms with Gasteiger partial charge >= 0.3 is 5.97 Å². The highest BCUT2D eigenvalue weighted by Gasteiger charge is 2.76. The monoisotopic (exact) mass is 942 g/mol. The second-order valence-electron chi connectivity index (χ2n) is 19.6. The molecule has 4 aliphatic carbocycles. The number of hydrogen-bond donors (Lipinski definition) is 8. The first kappa shape index (κ1) is 49.7. The van der Waals surface area contributed by atoms with Gasteiger partial charge in [-0.05, 0) is 92.2 Å². The van der Waals surface area contributed by atoms with Crippen LogP contribution < -0.4 is 21.3 Å². The van der Waals surface area contributed by atoms with Crippen molar-refractivity contribution in [2.45, 2.75) is 121 Å². The van der Waals surface area contributed by atoms with Crippen LogP contribution in [-0.4, -0.2) is 105 Å². The van der Waals surface area contributed by atoms with E-state index < -0.39 is 101 Å². The van der Waals surface area contributed by atoms with Crippen molar-refractivity contribution in [3.63, 3.8) is 0 Å². The number of fused-ring (bicyclic) bond motifs is 7. The van der Waals surface area contributed by atoms with Crippen LogP contribution in [0.5, 0.6) is 0 Å². The Hall–Kier alpha value is -5.20. The maximum Gasteiger partial charge on any atom is 0.304 e. The van der Waals surface area contributed by atoms with Crippen molar-refractivity contribution in [2.24, 2.45) is 34.5 Å². The second kappa shape index (κ2) is 19.8. The van der Waals surface area contributed by atoms with Crippen molar-refractivity contribution >= 4 is 59.5 Å². The molecule has 4 amide bonds. The van der Waals surface area contributed by atoms with E-state index in [1.807, 2.05) is 55.5 Å². The van der Waals surface area contributed by atoms with E-state index in [1.165, 1.54) is 6.92 Å². The van der Waals surface area contributed by atoms with Crippen molar-refractivity contribution in [1.29, 1.82) is 0 Å². The van der Waals surface area contributed by atoms with E-state index in [0.717, 1.165) is 29.5 Å². The summed E-state index contributed by atoms with van der Waals surface area (Å²) in [6.45, 7) is 8.30. The van der Waals surface area contributed by atoms with E-state index in [0.29, 0.717) is 24.1 Å². The number of aliphatic hydroxyl groups is 2. The molecule has 2 aromatic rings. The summed E-state index contributed by atoms with van der Waals surface area (Å²) < 4.78 is 13.4. The number of rotatable bonds is 17. The van der Waals surface area contributed by atoms with Crippen LogP contribution in [-0.2, 0) is 49.5 Å². The number of ketones is 2. The lowest BCUT2D eigenvalue weighted by Crippen LogP contribution is -2.63. The molecule has 67 heavy (non-hydrogen) atoms. The number of aliphatic carboxylic acids is 1. The molecule has 3 saturated carbocycles. The third kappa shape index (κ3) is 9.75. The molecular formula is C50H62N4O12S. The lowest BCUT2D eigenvalue weighted by molar-refractivity contribution is -0.201. The molecule has 1 saturated heterocycles. The zero-order chi connectivity index (χ0) is 48.6. The fourth-order valence-corrected chi connectivity index (χ4v) is 11.9. The van der Waals surface area contributed by atoms with Crippen LogP contribution >= 0.6 is 12.6 Å². The summed E-state index contributed by atoms with van der Waals surface area (Å²) in [4.78, 5) is 88.2. The predicted molar refractivity (Wildman–Crippen MR) is 248 cm³/mol. The molecule has 17 heteroatoms. The van der Waals surface area contributed by atoms with Gasteiger partial charge in [0, 0.05) is 41.0 Å². The average molecular weight is 943 g/mol. The highest BCUT2D eigenvalue weighted by molar-refractivity contribution is 7.81. The van der Waals surface area contributed by atoms with Gasteiger partial charge in [0.15, 0.2) is 23.5 Å². The van der Waals surface area contributed by atoms with Gasteiger partial charge in [0.2, 0.25) is 23.6 Å². The minimum atomic E-state index is -1.46. The Kier molecular flexibility index (Phi) is 14.7. The van der Waals surface area contributed by atoms with Crippen molar-refractivity contribution in [2.75, 3.05) is 18.5 Å². The molecule has 7 rings (SSSR count). The molecule has 7 N–H and O–H groups in total. The first-order valence-corrected chi connectivity index (χ1v) is 23.6. The smallest absolute Gasteiger partial charge is 0.304 e. The number of carbonyl (C=O) groups is 7.